The van der Waals surface area contributed by atoms with Crippen LogP contribution in [0.5, 0.6) is 5.75 Å². The lowest BCUT2D eigenvalue weighted by atomic mass is 10.0. The Balaban J connectivity index is 0.00000264. The predicted molar refractivity (Wildman–Crippen MR) is 97.2 cm³/mol. The number of carbonyl (C=O) groups is 1. The highest BCUT2D eigenvalue weighted by molar-refractivity contribution is 5.91. The molecule has 0 fully saturated rings. The van der Waals surface area contributed by atoms with Crippen LogP contribution < -0.4 is 15.8 Å². The average molecular weight is 335 g/mol. The Kier molecular flexibility index (Phi) is 7.59. The van der Waals surface area contributed by atoms with Crippen molar-refractivity contribution < 1.29 is 9.53 Å². The van der Waals surface area contributed by atoms with Gasteiger partial charge in [-0.25, -0.2) is 0 Å². The molecule has 0 aliphatic rings. The Morgan fingerprint density at radius 2 is 1.96 bits per heavy atom. The molecule has 0 aromatic heterocycles. The summed E-state index contributed by atoms with van der Waals surface area (Å²) in [6, 6.07) is 15.6. The van der Waals surface area contributed by atoms with Gasteiger partial charge in [-0.1, -0.05) is 30.3 Å². The number of hydrogen-bond donors (Lipinski definition) is 2. The van der Waals surface area contributed by atoms with E-state index in [-0.39, 0.29) is 24.4 Å². The number of rotatable bonds is 6. The molecule has 1 atom stereocenters. The van der Waals surface area contributed by atoms with E-state index >= 15 is 0 Å². The average Bonchev–Trinajstić information content (AvgIpc) is 2.53. The smallest absolute Gasteiger partial charge is 0.224 e. The molecule has 2 aromatic carbocycles. The molecule has 3 N–H and O–H groups in total. The standard InChI is InChI=1S/C18H22N2O2.ClH/c1-13(19)10-11-18(21)20-15-7-5-6-14(12-15)16-8-3-4-9-17(16)22-2;/h3-9,12-13H,10-11,19H2,1-2H3,(H,20,21);1H. The van der Waals surface area contributed by atoms with E-state index in [9.17, 15) is 4.79 Å². The van der Waals surface area contributed by atoms with Crippen molar-refractivity contribution >= 4 is 24.0 Å². The lowest BCUT2D eigenvalue weighted by Gasteiger charge is -2.11. The van der Waals surface area contributed by atoms with Crippen LogP contribution in [0.1, 0.15) is 19.8 Å². The summed E-state index contributed by atoms with van der Waals surface area (Å²) in [5.41, 5.74) is 8.45. The second kappa shape index (κ2) is 9.18. The van der Waals surface area contributed by atoms with Gasteiger partial charge in [-0.3, -0.25) is 4.79 Å². The molecule has 0 radical (unpaired) electrons. The molecular weight excluding hydrogens is 312 g/mol. The summed E-state index contributed by atoms with van der Waals surface area (Å²) in [5.74, 6) is 0.789. The van der Waals surface area contributed by atoms with Gasteiger partial charge in [0.25, 0.3) is 0 Å². The Morgan fingerprint density at radius 1 is 1.22 bits per heavy atom. The first-order valence-corrected chi connectivity index (χ1v) is 7.39. The van der Waals surface area contributed by atoms with Crippen molar-refractivity contribution in [1.29, 1.82) is 0 Å². The van der Waals surface area contributed by atoms with Gasteiger partial charge in [0.15, 0.2) is 0 Å². The first kappa shape index (κ1) is 19.0. The van der Waals surface area contributed by atoms with Crippen molar-refractivity contribution in [1.82, 2.24) is 0 Å². The molecule has 1 amide bonds. The van der Waals surface area contributed by atoms with E-state index in [4.69, 9.17) is 10.5 Å². The molecule has 1 unspecified atom stereocenters. The number of benzene rings is 2. The lowest BCUT2D eigenvalue weighted by molar-refractivity contribution is -0.116. The van der Waals surface area contributed by atoms with Crippen LogP contribution >= 0.6 is 12.4 Å². The van der Waals surface area contributed by atoms with Crippen molar-refractivity contribution in [3.63, 3.8) is 0 Å². The Bertz CT molecular complexity index is 644. The minimum Gasteiger partial charge on any atom is -0.496 e. The highest BCUT2D eigenvalue weighted by Crippen LogP contribution is 2.30. The van der Waals surface area contributed by atoms with Gasteiger partial charge in [0, 0.05) is 23.7 Å². The molecule has 23 heavy (non-hydrogen) atoms. The Morgan fingerprint density at radius 3 is 2.65 bits per heavy atom. The van der Waals surface area contributed by atoms with Crippen LogP contribution in [0.4, 0.5) is 5.69 Å². The Hall–Kier alpha value is -2.04. The molecule has 0 aliphatic carbocycles. The van der Waals surface area contributed by atoms with E-state index in [1.807, 2.05) is 55.5 Å². The molecule has 0 spiro atoms. The first-order chi connectivity index (χ1) is 10.6. The van der Waals surface area contributed by atoms with E-state index in [0.717, 1.165) is 22.6 Å². The van der Waals surface area contributed by atoms with Gasteiger partial charge in [-0.2, -0.15) is 0 Å². The summed E-state index contributed by atoms with van der Waals surface area (Å²) in [6.45, 7) is 1.90. The van der Waals surface area contributed by atoms with Gasteiger partial charge in [0.1, 0.15) is 5.75 Å². The number of nitrogens with two attached hydrogens (primary N) is 1. The maximum atomic E-state index is 11.9. The molecule has 5 heteroatoms. The summed E-state index contributed by atoms with van der Waals surface area (Å²) in [7, 11) is 1.65. The number of nitrogens with one attached hydrogen (secondary N) is 1. The number of methoxy groups -OCH3 is 1. The monoisotopic (exact) mass is 334 g/mol. The lowest BCUT2D eigenvalue weighted by Crippen LogP contribution is -2.19. The summed E-state index contributed by atoms with van der Waals surface area (Å²) < 4.78 is 5.38. The van der Waals surface area contributed by atoms with Crippen molar-refractivity contribution in [3.05, 3.63) is 48.5 Å². The number of halogens is 1. The first-order valence-electron chi connectivity index (χ1n) is 7.39. The fourth-order valence-electron chi connectivity index (χ4n) is 2.23. The number of hydrogen-bond acceptors (Lipinski definition) is 3. The zero-order valence-electron chi connectivity index (χ0n) is 13.4. The third-order valence-corrected chi connectivity index (χ3v) is 3.39. The highest BCUT2D eigenvalue weighted by Gasteiger charge is 2.08. The largest absolute Gasteiger partial charge is 0.496 e. The second-order valence-corrected chi connectivity index (χ2v) is 5.35. The molecular formula is C18H23ClN2O2. The topological polar surface area (TPSA) is 64.3 Å². The van der Waals surface area contributed by atoms with Crippen LogP contribution in [0.3, 0.4) is 0 Å². The molecule has 4 nitrogen and oxygen atoms in total. The van der Waals surface area contributed by atoms with Gasteiger partial charge < -0.3 is 15.8 Å². The molecule has 0 saturated heterocycles. The molecule has 0 heterocycles. The highest BCUT2D eigenvalue weighted by atomic mass is 35.5. The van der Waals surface area contributed by atoms with E-state index in [1.165, 1.54) is 0 Å². The Labute approximate surface area is 143 Å². The summed E-state index contributed by atoms with van der Waals surface area (Å²) in [5, 5.41) is 2.91. The van der Waals surface area contributed by atoms with E-state index < -0.39 is 0 Å². The van der Waals surface area contributed by atoms with Crippen LogP contribution in [0.25, 0.3) is 11.1 Å². The van der Waals surface area contributed by atoms with Gasteiger partial charge in [0.05, 0.1) is 7.11 Å². The SMILES string of the molecule is COc1ccccc1-c1cccc(NC(=O)CCC(C)N)c1.Cl. The van der Waals surface area contributed by atoms with Gasteiger partial charge in [-0.15, -0.1) is 12.4 Å². The molecule has 2 rings (SSSR count). The number of anilines is 1. The van der Waals surface area contributed by atoms with Crippen molar-refractivity contribution in [3.8, 4) is 16.9 Å². The fourth-order valence-corrected chi connectivity index (χ4v) is 2.23. The maximum absolute atomic E-state index is 11.9. The number of para-hydroxylation sites is 1. The zero-order valence-corrected chi connectivity index (χ0v) is 14.2. The van der Waals surface area contributed by atoms with E-state index in [0.29, 0.717) is 12.8 Å². The minimum absolute atomic E-state index is 0. The molecule has 2 aromatic rings. The fraction of sp³-hybridized carbons (Fsp3) is 0.278. The van der Waals surface area contributed by atoms with Gasteiger partial charge in [0.2, 0.25) is 5.91 Å². The number of amides is 1. The molecule has 0 aliphatic heterocycles. The van der Waals surface area contributed by atoms with Crippen LogP contribution in [0.2, 0.25) is 0 Å². The van der Waals surface area contributed by atoms with Crippen LogP contribution in [-0.2, 0) is 4.79 Å². The zero-order chi connectivity index (χ0) is 15.9. The molecule has 0 saturated carbocycles. The summed E-state index contributed by atoms with van der Waals surface area (Å²) in [6.07, 6.45) is 1.11. The summed E-state index contributed by atoms with van der Waals surface area (Å²) in [4.78, 5) is 11.9. The van der Waals surface area contributed by atoms with Crippen LogP contribution in [-0.4, -0.2) is 19.1 Å². The predicted octanol–water partition coefficient (Wildman–Crippen LogP) is 3.85. The summed E-state index contributed by atoms with van der Waals surface area (Å²) >= 11 is 0. The normalized spacial score (nSPS) is 11.3. The van der Waals surface area contributed by atoms with Crippen molar-refractivity contribution in [2.45, 2.75) is 25.8 Å². The van der Waals surface area contributed by atoms with Crippen molar-refractivity contribution in [2.75, 3.05) is 12.4 Å². The van der Waals surface area contributed by atoms with E-state index in [2.05, 4.69) is 5.32 Å². The van der Waals surface area contributed by atoms with E-state index in [1.54, 1.807) is 7.11 Å². The van der Waals surface area contributed by atoms with Crippen LogP contribution in [0.15, 0.2) is 48.5 Å². The third kappa shape index (κ3) is 5.58. The van der Waals surface area contributed by atoms with Gasteiger partial charge >= 0.3 is 0 Å². The third-order valence-electron chi connectivity index (χ3n) is 3.39. The molecule has 124 valence electrons. The molecule has 0 bridgehead atoms. The quantitative estimate of drug-likeness (QED) is 0.843. The van der Waals surface area contributed by atoms with Crippen LogP contribution in [0, 0.1) is 0 Å². The van der Waals surface area contributed by atoms with Gasteiger partial charge in [-0.05, 0) is 37.1 Å². The maximum Gasteiger partial charge on any atom is 0.224 e. The van der Waals surface area contributed by atoms with Crippen molar-refractivity contribution in [2.24, 2.45) is 5.73 Å². The second-order valence-electron chi connectivity index (χ2n) is 5.35. The number of ether oxygens (including phenoxy) is 1. The number of carbonyl (C=O) groups excluding carboxylic acids is 1. The minimum atomic E-state index is -0.0190.